The van der Waals surface area contributed by atoms with Gasteiger partial charge in [-0.15, -0.1) is 0 Å². The molecule has 2 aromatic carbocycles. The number of aryl methyl sites for hydroxylation is 2. The standard InChI is InChI=1S/C21H21NO4/c1-13-9-14(2)11-16(10-13)26-15(3)20(23)22-12-18(21(24)25-4)17-7-5-6-8-19(17)22/h5-12,15H,1-4H3/t15-/m1/s1. The monoisotopic (exact) mass is 351 g/mol. The fourth-order valence-electron chi connectivity index (χ4n) is 3.09. The number of rotatable bonds is 4. The van der Waals surface area contributed by atoms with E-state index in [4.69, 9.17) is 9.47 Å². The molecule has 0 fully saturated rings. The summed E-state index contributed by atoms with van der Waals surface area (Å²) < 4.78 is 12.1. The van der Waals surface area contributed by atoms with Gasteiger partial charge in [-0.25, -0.2) is 4.79 Å². The number of hydrogen-bond donors (Lipinski definition) is 0. The molecule has 0 N–H and O–H groups in total. The summed E-state index contributed by atoms with van der Waals surface area (Å²) in [7, 11) is 1.32. The summed E-state index contributed by atoms with van der Waals surface area (Å²) in [6.45, 7) is 5.66. The van der Waals surface area contributed by atoms with Gasteiger partial charge in [0.2, 0.25) is 0 Å². The highest BCUT2D eigenvalue weighted by Gasteiger charge is 2.23. The number of methoxy groups -OCH3 is 1. The third kappa shape index (κ3) is 3.33. The molecule has 0 amide bonds. The van der Waals surface area contributed by atoms with Crippen molar-refractivity contribution in [2.75, 3.05) is 7.11 Å². The Morgan fingerprint density at radius 1 is 1.04 bits per heavy atom. The van der Waals surface area contributed by atoms with Gasteiger partial charge >= 0.3 is 5.97 Å². The number of carbonyl (C=O) groups is 2. The smallest absolute Gasteiger partial charge is 0.340 e. The third-order valence-corrected chi connectivity index (χ3v) is 4.21. The van der Waals surface area contributed by atoms with Crippen LogP contribution in [0.4, 0.5) is 0 Å². The van der Waals surface area contributed by atoms with Gasteiger partial charge in [-0.1, -0.05) is 24.3 Å². The quantitative estimate of drug-likeness (QED) is 0.663. The number of ether oxygens (including phenoxy) is 2. The zero-order valence-electron chi connectivity index (χ0n) is 15.3. The van der Waals surface area contributed by atoms with Crippen LogP contribution in [0.1, 0.15) is 33.2 Å². The summed E-state index contributed by atoms with van der Waals surface area (Å²) in [5, 5.41) is 0.673. The third-order valence-electron chi connectivity index (χ3n) is 4.21. The molecule has 134 valence electrons. The Morgan fingerprint density at radius 2 is 1.69 bits per heavy atom. The predicted octanol–water partition coefficient (Wildman–Crippen LogP) is 4.15. The first kappa shape index (κ1) is 17.7. The molecule has 1 heterocycles. The van der Waals surface area contributed by atoms with Crippen LogP contribution in [-0.4, -0.2) is 29.7 Å². The SMILES string of the molecule is COC(=O)c1cn(C(=O)[C@@H](C)Oc2cc(C)cc(C)c2)c2ccccc12. The van der Waals surface area contributed by atoms with Crippen LogP contribution in [-0.2, 0) is 4.74 Å². The summed E-state index contributed by atoms with van der Waals surface area (Å²) in [4.78, 5) is 25.0. The molecule has 0 radical (unpaired) electrons. The number of fused-ring (bicyclic) bond motifs is 1. The van der Waals surface area contributed by atoms with Crippen LogP contribution in [0.15, 0.2) is 48.7 Å². The van der Waals surface area contributed by atoms with Crippen LogP contribution in [0.5, 0.6) is 5.75 Å². The van der Waals surface area contributed by atoms with Crippen molar-refractivity contribution < 1.29 is 19.1 Å². The molecule has 5 heteroatoms. The molecule has 1 aromatic heterocycles. The molecule has 0 saturated carbocycles. The van der Waals surface area contributed by atoms with Gasteiger partial charge in [-0.3, -0.25) is 9.36 Å². The van der Waals surface area contributed by atoms with Crippen molar-refractivity contribution >= 4 is 22.8 Å². The number of carbonyl (C=O) groups excluding carboxylic acids is 2. The Balaban J connectivity index is 1.95. The molecule has 3 aromatic rings. The van der Waals surface area contributed by atoms with Gasteiger partial charge in [0.25, 0.3) is 5.91 Å². The maximum Gasteiger partial charge on any atom is 0.340 e. The van der Waals surface area contributed by atoms with Gasteiger partial charge in [0.1, 0.15) is 5.75 Å². The van der Waals surface area contributed by atoms with Crippen molar-refractivity contribution in [1.29, 1.82) is 0 Å². The van der Waals surface area contributed by atoms with Crippen LogP contribution >= 0.6 is 0 Å². The lowest BCUT2D eigenvalue weighted by Crippen LogP contribution is -2.28. The Bertz CT molecular complexity index is 967. The van der Waals surface area contributed by atoms with E-state index in [9.17, 15) is 9.59 Å². The van der Waals surface area contributed by atoms with E-state index in [-0.39, 0.29) is 5.91 Å². The van der Waals surface area contributed by atoms with E-state index in [0.717, 1.165) is 11.1 Å². The van der Waals surface area contributed by atoms with E-state index in [2.05, 4.69) is 0 Å². The van der Waals surface area contributed by atoms with Crippen molar-refractivity contribution in [3.63, 3.8) is 0 Å². The molecule has 0 aliphatic carbocycles. The Hall–Kier alpha value is -3.08. The van der Waals surface area contributed by atoms with E-state index in [1.165, 1.54) is 17.9 Å². The highest BCUT2D eigenvalue weighted by molar-refractivity contribution is 6.07. The maximum atomic E-state index is 12.9. The number of nitrogens with zero attached hydrogens (tertiary/aromatic N) is 1. The Kier molecular flexibility index (Phi) is 4.80. The maximum absolute atomic E-state index is 12.9. The largest absolute Gasteiger partial charge is 0.481 e. The van der Waals surface area contributed by atoms with E-state index >= 15 is 0 Å². The van der Waals surface area contributed by atoms with Crippen molar-refractivity contribution in [2.24, 2.45) is 0 Å². The summed E-state index contributed by atoms with van der Waals surface area (Å²) in [6.07, 6.45) is 0.803. The van der Waals surface area contributed by atoms with E-state index in [1.807, 2.05) is 44.2 Å². The van der Waals surface area contributed by atoms with Gasteiger partial charge in [0.05, 0.1) is 18.2 Å². The minimum absolute atomic E-state index is 0.254. The zero-order valence-corrected chi connectivity index (χ0v) is 15.3. The zero-order chi connectivity index (χ0) is 18.8. The summed E-state index contributed by atoms with van der Waals surface area (Å²) in [5.74, 6) is -0.0841. The minimum atomic E-state index is -0.711. The molecule has 0 aliphatic rings. The molecule has 3 rings (SSSR count). The van der Waals surface area contributed by atoms with Crippen LogP contribution in [0, 0.1) is 13.8 Å². The van der Waals surface area contributed by atoms with Crippen LogP contribution in [0.3, 0.4) is 0 Å². The summed E-state index contributed by atoms with van der Waals surface area (Å²) in [5.41, 5.74) is 3.14. The van der Waals surface area contributed by atoms with Gasteiger partial charge in [-0.2, -0.15) is 0 Å². The average molecular weight is 351 g/mol. The summed E-state index contributed by atoms with van der Waals surface area (Å²) >= 11 is 0. The van der Waals surface area contributed by atoms with Crippen molar-refractivity contribution in [2.45, 2.75) is 26.9 Å². The van der Waals surface area contributed by atoms with E-state index < -0.39 is 12.1 Å². The summed E-state index contributed by atoms with van der Waals surface area (Å²) in [6, 6.07) is 13.1. The average Bonchev–Trinajstić information content (AvgIpc) is 2.99. The molecular formula is C21H21NO4. The second kappa shape index (κ2) is 7.04. The highest BCUT2D eigenvalue weighted by atomic mass is 16.5. The predicted molar refractivity (Wildman–Crippen MR) is 99.9 cm³/mol. The molecule has 5 nitrogen and oxygen atoms in total. The first-order valence-corrected chi connectivity index (χ1v) is 8.38. The lowest BCUT2D eigenvalue weighted by molar-refractivity contribution is 0.0602. The van der Waals surface area contributed by atoms with Crippen LogP contribution in [0.2, 0.25) is 0 Å². The Morgan fingerprint density at radius 3 is 2.35 bits per heavy atom. The molecule has 0 aliphatic heterocycles. The molecular weight excluding hydrogens is 330 g/mol. The second-order valence-corrected chi connectivity index (χ2v) is 6.34. The topological polar surface area (TPSA) is 57.5 Å². The first-order chi connectivity index (χ1) is 12.4. The number of esters is 1. The van der Waals surface area contributed by atoms with Crippen molar-refractivity contribution in [1.82, 2.24) is 4.57 Å². The minimum Gasteiger partial charge on any atom is -0.481 e. The first-order valence-electron chi connectivity index (χ1n) is 8.38. The van der Waals surface area contributed by atoms with Gasteiger partial charge in [0.15, 0.2) is 6.10 Å². The van der Waals surface area contributed by atoms with Gasteiger partial charge in [-0.05, 0) is 50.1 Å². The molecule has 0 spiro atoms. The molecule has 1 atom stereocenters. The molecule has 0 unspecified atom stereocenters. The lowest BCUT2D eigenvalue weighted by atomic mass is 10.1. The molecule has 0 saturated heterocycles. The van der Waals surface area contributed by atoms with Crippen molar-refractivity contribution in [3.8, 4) is 5.75 Å². The fraction of sp³-hybridized carbons (Fsp3) is 0.238. The molecule has 26 heavy (non-hydrogen) atoms. The van der Waals surface area contributed by atoms with Crippen LogP contribution < -0.4 is 4.74 Å². The van der Waals surface area contributed by atoms with Crippen molar-refractivity contribution in [3.05, 3.63) is 65.4 Å². The normalized spacial score (nSPS) is 12.0. The Labute approximate surface area is 152 Å². The lowest BCUT2D eigenvalue weighted by Gasteiger charge is -2.15. The second-order valence-electron chi connectivity index (χ2n) is 6.34. The number of benzene rings is 2. The molecule has 0 bridgehead atoms. The van der Waals surface area contributed by atoms with E-state index in [1.54, 1.807) is 19.1 Å². The number of aromatic nitrogens is 1. The van der Waals surface area contributed by atoms with Crippen LogP contribution in [0.25, 0.3) is 10.9 Å². The fourth-order valence-corrected chi connectivity index (χ4v) is 3.09. The number of hydrogen-bond acceptors (Lipinski definition) is 4. The van der Waals surface area contributed by atoms with Gasteiger partial charge < -0.3 is 9.47 Å². The van der Waals surface area contributed by atoms with E-state index in [0.29, 0.717) is 22.2 Å². The number of para-hydroxylation sites is 1. The van der Waals surface area contributed by atoms with Gasteiger partial charge in [0, 0.05) is 11.6 Å². The highest BCUT2D eigenvalue weighted by Crippen LogP contribution is 2.24.